The van der Waals surface area contributed by atoms with Gasteiger partial charge in [0.15, 0.2) is 0 Å². The van der Waals surface area contributed by atoms with E-state index >= 15 is 0 Å². The zero-order chi connectivity index (χ0) is 16.2. The molecule has 0 saturated heterocycles. The Bertz CT molecular complexity index is 535. The predicted molar refractivity (Wildman–Crippen MR) is 78.8 cm³/mol. The van der Waals surface area contributed by atoms with Crippen LogP contribution >= 0.6 is 0 Å². The van der Waals surface area contributed by atoms with E-state index in [2.05, 4.69) is 4.98 Å². The maximum Gasteiger partial charge on any atom is 0.309 e. The molecule has 0 unspecified atom stereocenters. The van der Waals surface area contributed by atoms with Crippen LogP contribution in [0.1, 0.15) is 45.4 Å². The van der Waals surface area contributed by atoms with Crippen molar-refractivity contribution in [3.8, 4) is 5.88 Å². The van der Waals surface area contributed by atoms with Crippen molar-refractivity contribution in [2.75, 3.05) is 0 Å². The van der Waals surface area contributed by atoms with E-state index in [1.165, 1.54) is 12.1 Å². The minimum absolute atomic E-state index is 0.0798. The Morgan fingerprint density at radius 2 is 2.18 bits per heavy atom. The minimum Gasteiger partial charge on any atom is -0.481 e. The van der Waals surface area contributed by atoms with Crippen molar-refractivity contribution in [1.82, 2.24) is 4.98 Å². The molecule has 0 atom stereocenters. The van der Waals surface area contributed by atoms with Gasteiger partial charge in [0.25, 0.3) is 5.69 Å². The smallest absolute Gasteiger partial charge is 0.309 e. The normalized spacial score (nSPS) is 24.7. The lowest BCUT2D eigenvalue weighted by atomic mass is 9.70. The zero-order valence-electron chi connectivity index (χ0n) is 12.5. The van der Waals surface area contributed by atoms with E-state index in [-0.39, 0.29) is 11.8 Å². The summed E-state index contributed by atoms with van der Waals surface area (Å²) in [6.45, 7) is 1.99. The fourth-order valence-electron chi connectivity index (χ4n) is 3.03. The second-order valence-electron chi connectivity index (χ2n) is 5.76. The predicted octanol–water partition coefficient (Wildman–Crippen LogP) is 3.18. The number of carbonyl (C=O) groups is 1. The number of hydrogen-bond acceptors (Lipinski definition) is 5. The van der Waals surface area contributed by atoms with Crippen LogP contribution in [0.2, 0.25) is 0 Å². The molecule has 1 saturated carbocycles. The molecule has 0 radical (unpaired) electrons. The fraction of sp³-hybridized carbons (Fsp3) is 0.600. The van der Waals surface area contributed by atoms with Gasteiger partial charge in [-0.3, -0.25) is 14.9 Å². The molecule has 1 aromatic rings. The van der Waals surface area contributed by atoms with Gasteiger partial charge in [-0.2, -0.15) is 0 Å². The Kier molecular flexibility index (Phi) is 4.95. The summed E-state index contributed by atoms with van der Waals surface area (Å²) in [6.07, 6.45) is 5.11. The first kappa shape index (κ1) is 16.2. The van der Waals surface area contributed by atoms with Crippen LogP contribution < -0.4 is 4.74 Å². The molecule has 0 bridgehead atoms. The molecule has 1 aromatic heterocycles. The number of pyridine rings is 1. The van der Waals surface area contributed by atoms with Crippen molar-refractivity contribution < 1.29 is 19.6 Å². The highest BCUT2D eigenvalue weighted by Crippen LogP contribution is 2.41. The summed E-state index contributed by atoms with van der Waals surface area (Å²) in [7, 11) is 0. The van der Waals surface area contributed by atoms with E-state index in [4.69, 9.17) is 4.74 Å². The number of aliphatic carboxylic acids is 1. The Labute approximate surface area is 128 Å². The van der Waals surface area contributed by atoms with Crippen LogP contribution in [0.4, 0.5) is 5.69 Å². The maximum absolute atomic E-state index is 11.5. The number of rotatable bonds is 6. The van der Waals surface area contributed by atoms with Crippen LogP contribution in [0.3, 0.4) is 0 Å². The lowest BCUT2D eigenvalue weighted by molar-refractivity contribution is -0.385. The molecule has 1 aliphatic rings. The van der Waals surface area contributed by atoms with Crippen molar-refractivity contribution in [2.24, 2.45) is 5.41 Å². The number of aromatic nitrogens is 1. The van der Waals surface area contributed by atoms with E-state index in [0.717, 1.165) is 12.6 Å². The average Bonchev–Trinajstić information content (AvgIpc) is 2.50. The first-order valence-corrected chi connectivity index (χ1v) is 7.47. The summed E-state index contributed by atoms with van der Waals surface area (Å²) in [5, 5.41) is 20.0. The molecule has 1 aliphatic carbocycles. The van der Waals surface area contributed by atoms with Gasteiger partial charge < -0.3 is 9.84 Å². The van der Waals surface area contributed by atoms with Gasteiger partial charge in [0.05, 0.1) is 10.3 Å². The number of carboxylic acids is 1. The van der Waals surface area contributed by atoms with Gasteiger partial charge in [-0.1, -0.05) is 13.3 Å². The molecular weight excluding hydrogens is 288 g/mol. The lowest BCUT2D eigenvalue weighted by Crippen LogP contribution is -2.38. The van der Waals surface area contributed by atoms with Gasteiger partial charge in [0.2, 0.25) is 5.88 Å². The largest absolute Gasteiger partial charge is 0.481 e. The van der Waals surface area contributed by atoms with Crippen molar-refractivity contribution in [3.63, 3.8) is 0 Å². The van der Waals surface area contributed by atoms with Crippen LogP contribution in [-0.2, 0) is 4.79 Å². The number of ether oxygens (including phenoxy) is 1. The van der Waals surface area contributed by atoms with E-state index < -0.39 is 16.3 Å². The van der Waals surface area contributed by atoms with Gasteiger partial charge in [-0.15, -0.1) is 0 Å². The molecule has 0 aliphatic heterocycles. The Balaban J connectivity index is 1.94. The molecule has 1 fully saturated rings. The fourth-order valence-corrected chi connectivity index (χ4v) is 3.03. The SMILES string of the molecule is CCCC1(C(=O)O)CCC(Oc2ccc([N+](=O)[O-])cn2)CC1. The first-order chi connectivity index (χ1) is 10.5. The molecule has 0 amide bonds. The van der Waals surface area contributed by atoms with Crippen molar-refractivity contribution >= 4 is 11.7 Å². The monoisotopic (exact) mass is 308 g/mol. The van der Waals surface area contributed by atoms with Gasteiger partial charge in [0, 0.05) is 12.1 Å². The summed E-state index contributed by atoms with van der Waals surface area (Å²) in [5.41, 5.74) is -0.707. The molecule has 0 spiro atoms. The molecule has 0 aromatic carbocycles. The highest BCUT2D eigenvalue weighted by molar-refractivity contribution is 5.74. The number of nitro groups is 1. The highest BCUT2D eigenvalue weighted by atomic mass is 16.6. The van der Waals surface area contributed by atoms with Gasteiger partial charge in [0.1, 0.15) is 12.3 Å². The van der Waals surface area contributed by atoms with Crippen molar-refractivity contribution in [3.05, 3.63) is 28.4 Å². The third-order valence-corrected chi connectivity index (χ3v) is 4.29. The summed E-state index contributed by atoms with van der Waals surface area (Å²) in [6, 6.07) is 2.83. The molecule has 1 N–H and O–H groups in total. The standard InChI is InChI=1S/C15H20N2O5/c1-2-7-15(14(18)19)8-5-12(6-9-15)22-13-4-3-11(10-16-13)17(20)21/h3-4,10,12H,2,5-9H2,1H3,(H,18,19). The Morgan fingerprint density at radius 1 is 1.50 bits per heavy atom. The van der Waals surface area contributed by atoms with Crippen LogP contribution in [0.5, 0.6) is 5.88 Å². The molecule has 22 heavy (non-hydrogen) atoms. The van der Waals surface area contributed by atoms with Gasteiger partial charge in [-0.05, 0) is 32.1 Å². The van der Waals surface area contributed by atoms with Gasteiger partial charge >= 0.3 is 5.97 Å². The van der Waals surface area contributed by atoms with Crippen LogP contribution in [0.25, 0.3) is 0 Å². The zero-order valence-corrected chi connectivity index (χ0v) is 12.5. The lowest BCUT2D eigenvalue weighted by Gasteiger charge is -2.36. The number of hydrogen-bond donors (Lipinski definition) is 1. The summed E-state index contributed by atoms with van der Waals surface area (Å²) >= 11 is 0. The topological polar surface area (TPSA) is 103 Å². The maximum atomic E-state index is 11.5. The van der Waals surface area contributed by atoms with E-state index in [1.807, 2.05) is 6.92 Å². The van der Waals surface area contributed by atoms with Crippen LogP contribution in [-0.4, -0.2) is 27.1 Å². The molecule has 7 heteroatoms. The second kappa shape index (κ2) is 6.72. The van der Waals surface area contributed by atoms with E-state index in [1.54, 1.807) is 0 Å². The molecule has 2 rings (SSSR count). The van der Waals surface area contributed by atoms with E-state index in [9.17, 15) is 20.0 Å². The quantitative estimate of drug-likeness (QED) is 0.639. The van der Waals surface area contributed by atoms with Crippen LogP contribution in [0.15, 0.2) is 18.3 Å². The third kappa shape index (κ3) is 3.52. The molecule has 120 valence electrons. The highest BCUT2D eigenvalue weighted by Gasteiger charge is 2.41. The van der Waals surface area contributed by atoms with Gasteiger partial charge in [-0.25, -0.2) is 4.98 Å². The summed E-state index contributed by atoms with van der Waals surface area (Å²) in [4.78, 5) is 25.5. The number of carboxylic acid groups (broad SMARTS) is 1. The van der Waals surface area contributed by atoms with Crippen molar-refractivity contribution in [2.45, 2.75) is 51.6 Å². The number of nitrogens with zero attached hydrogens (tertiary/aromatic N) is 2. The first-order valence-electron chi connectivity index (χ1n) is 7.47. The molecular formula is C15H20N2O5. The van der Waals surface area contributed by atoms with Crippen LogP contribution in [0, 0.1) is 15.5 Å². The van der Waals surface area contributed by atoms with E-state index in [0.29, 0.717) is 38.0 Å². The summed E-state index contributed by atoms with van der Waals surface area (Å²) in [5.74, 6) is -0.379. The second-order valence-corrected chi connectivity index (χ2v) is 5.76. The third-order valence-electron chi connectivity index (χ3n) is 4.29. The minimum atomic E-state index is -0.721. The van der Waals surface area contributed by atoms with Crippen molar-refractivity contribution in [1.29, 1.82) is 0 Å². The average molecular weight is 308 g/mol. The molecule has 7 nitrogen and oxygen atoms in total. The molecule has 1 heterocycles. The summed E-state index contributed by atoms with van der Waals surface area (Å²) < 4.78 is 5.71. The Morgan fingerprint density at radius 3 is 2.64 bits per heavy atom. The Hall–Kier alpha value is -2.18.